The van der Waals surface area contributed by atoms with Crippen LogP contribution in [0.25, 0.3) is 10.7 Å². The van der Waals surface area contributed by atoms with Crippen LogP contribution in [-0.2, 0) is 4.79 Å². The van der Waals surface area contributed by atoms with Crippen molar-refractivity contribution in [1.82, 2.24) is 14.8 Å². The van der Waals surface area contributed by atoms with E-state index in [1.54, 1.807) is 11.5 Å². The highest BCUT2D eigenvalue weighted by Gasteiger charge is 2.21. The lowest BCUT2D eigenvalue weighted by Gasteiger charge is -2.15. The number of nitrogens with zero attached hydrogens (tertiary/aromatic N) is 2. The van der Waals surface area contributed by atoms with Gasteiger partial charge in [-0.1, -0.05) is 17.7 Å². The number of hydrogen-bond donors (Lipinski definition) is 2. The topological polar surface area (TPSA) is 62.7 Å². The third-order valence-electron chi connectivity index (χ3n) is 3.40. The predicted molar refractivity (Wildman–Crippen MR) is 95.5 cm³/mol. The van der Waals surface area contributed by atoms with Gasteiger partial charge in [0.2, 0.25) is 5.91 Å². The number of carbonyl (C=O) groups excluding carboxylic acids is 1. The monoisotopic (exact) mass is 382 g/mol. The SMILES string of the molecule is CC(C(=O)Nc1ccc(Cl)c(F)c1)n1c(-c2cccs2)n[nH]c1=S. The molecule has 2 N–H and O–H groups in total. The number of aromatic nitrogens is 3. The first-order valence-electron chi connectivity index (χ1n) is 6.94. The van der Waals surface area contributed by atoms with Gasteiger partial charge in [0.05, 0.1) is 9.90 Å². The lowest BCUT2D eigenvalue weighted by atomic mass is 10.2. The standard InChI is InChI=1S/C15H12ClFN4OS2/c1-8(14(22)18-9-4-5-10(16)11(17)7-9)21-13(19-20-15(21)23)12-3-2-6-24-12/h2-8H,1H3,(H,18,22)(H,20,23). The van der Waals surface area contributed by atoms with Crippen LogP contribution < -0.4 is 5.32 Å². The second-order valence-electron chi connectivity index (χ2n) is 4.99. The summed E-state index contributed by atoms with van der Waals surface area (Å²) in [5.74, 6) is -0.353. The highest BCUT2D eigenvalue weighted by molar-refractivity contribution is 7.71. The van der Waals surface area contributed by atoms with Crippen molar-refractivity contribution < 1.29 is 9.18 Å². The number of hydrogen-bond acceptors (Lipinski definition) is 4. The summed E-state index contributed by atoms with van der Waals surface area (Å²) in [4.78, 5) is 13.4. The molecule has 5 nitrogen and oxygen atoms in total. The molecule has 1 amide bonds. The molecule has 1 atom stereocenters. The summed E-state index contributed by atoms with van der Waals surface area (Å²) in [6.45, 7) is 1.70. The zero-order valence-corrected chi connectivity index (χ0v) is 14.8. The molecule has 0 fully saturated rings. The van der Waals surface area contributed by atoms with Gasteiger partial charge in [-0.2, -0.15) is 5.10 Å². The van der Waals surface area contributed by atoms with Crippen molar-refractivity contribution in [2.75, 3.05) is 5.32 Å². The van der Waals surface area contributed by atoms with E-state index in [2.05, 4.69) is 15.5 Å². The quantitative estimate of drug-likeness (QED) is 0.645. The zero-order valence-electron chi connectivity index (χ0n) is 12.4. The molecule has 0 saturated heterocycles. The third-order valence-corrected chi connectivity index (χ3v) is 4.86. The minimum atomic E-state index is -0.632. The highest BCUT2D eigenvalue weighted by atomic mass is 35.5. The molecule has 0 saturated carbocycles. The molecular formula is C15H12ClFN4OS2. The minimum Gasteiger partial charge on any atom is -0.324 e. The van der Waals surface area contributed by atoms with E-state index in [4.69, 9.17) is 23.8 Å². The van der Waals surface area contributed by atoms with Crippen LogP contribution >= 0.6 is 35.2 Å². The van der Waals surface area contributed by atoms with Crippen molar-refractivity contribution in [1.29, 1.82) is 0 Å². The van der Waals surface area contributed by atoms with E-state index in [9.17, 15) is 9.18 Å². The molecule has 3 aromatic rings. The second-order valence-corrected chi connectivity index (χ2v) is 6.74. The summed E-state index contributed by atoms with van der Waals surface area (Å²) in [7, 11) is 0. The predicted octanol–water partition coefficient (Wildman–Crippen LogP) is 4.66. The molecule has 1 unspecified atom stereocenters. The number of carbonyl (C=O) groups is 1. The maximum absolute atomic E-state index is 13.5. The Morgan fingerprint density at radius 1 is 1.50 bits per heavy atom. The van der Waals surface area contributed by atoms with Crippen molar-refractivity contribution in [3.63, 3.8) is 0 Å². The average Bonchev–Trinajstić information content (AvgIpc) is 3.19. The molecule has 24 heavy (non-hydrogen) atoms. The number of H-pyrrole nitrogens is 1. The van der Waals surface area contributed by atoms with Gasteiger partial charge in [0.1, 0.15) is 11.9 Å². The molecule has 0 aliphatic rings. The lowest BCUT2D eigenvalue weighted by Crippen LogP contribution is -2.24. The fourth-order valence-electron chi connectivity index (χ4n) is 2.18. The Hall–Kier alpha value is -2.03. The molecule has 0 radical (unpaired) electrons. The Labute approximate surface area is 151 Å². The Morgan fingerprint density at radius 3 is 2.96 bits per heavy atom. The molecule has 1 aromatic carbocycles. The van der Waals surface area contributed by atoms with Crippen molar-refractivity contribution in [2.24, 2.45) is 0 Å². The number of nitrogens with one attached hydrogen (secondary N) is 2. The number of aromatic amines is 1. The Kier molecular flexibility index (Phi) is 4.79. The summed E-state index contributed by atoms with van der Waals surface area (Å²) in [6.07, 6.45) is 0. The summed E-state index contributed by atoms with van der Waals surface area (Å²) in [6, 6.07) is 7.24. The average molecular weight is 383 g/mol. The first-order chi connectivity index (χ1) is 11.5. The Morgan fingerprint density at radius 2 is 2.29 bits per heavy atom. The number of anilines is 1. The highest BCUT2D eigenvalue weighted by Crippen LogP contribution is 2.26. The van der Waals surface area contributed by atoms with Gasteiger partial charge in [-0.05, 0) is 48.8 Å². The van der Waals surface area contributed by atoms with Crippen molar-refractivity contribution in [3.05, 3.63) is 51.3 Å². The van der Waals surface area contributed by atoms with Crippen LogP contribution in [0.4, 0.5) is 10.1 Å². The normalized spacial score (nSPS) is 12.1. The Balaban J connectivity index is 1.88. The zero-order chi connectivity index (χ0) is 17.3. The maximum Gasteiger partial charge on any atom is 0.247 e. The van der Waals surface area contributed by atoms with Crippen LogP contribution in [0.5, 0.6) is 0 Å². The minimum absolute atomic E-state index is 0.00177. The van der Waals surface area contributed by atoms with E-state index in [1.807, 2.05) is 17.5 Å². The van der Waals surface area contributed by atoms with E-state index in [-0.39, 0.29) is 10.9 Å². The summed E-state index contributed by atoms with van der Waals surface area (Å²) in [5, 5.41) is 11.5. The van der Waals surface area contributed by atoms with Gasteiger partial charge in [-0.3, -0.25) is 14.5 Å². The molecule has 2 heterocycles. The smallest absolute Gasteiger partial charge is 0.247 e. The largest absolute Gasteiger partial charge is 0.324 e. The van der Waals surface area contributed by atoms with E-state index >= 15 is 0 Å². The number of amides is 1. The number of halogens is 2. The van der Waals surface area contributed by atoms with Crippen LogP contribution in [0.1, 0.15) is 13.0 Å². The lowest BCUT2D eigenvalue weighted by molar-refractivity contribution is -0.118. The van der Waals surface area contributed by atoms with Gasteiger partial charge in [0.15, 0.2) is 10.6 Å². The van der Waals surface area contributed by atoms with Crippen LogP contribution in [0.15, 0.2) is 35.7 Å². The maximum atomic E-state index is 13.5. The van der Waals surface area contributed by atoms with Crippen molar-refractivity contribution in [3.8, 4) is 10.7 Å². The van der Waals surface area contributed by atoms with Gasteiger partial charge in [-0.25, -0.2) is 4.39 Å². The molecule has 0 aliphatic carbocycles. The summed E-state index contributed by atoms with van der Waals surface area (Å²) in [5.41, 5.74) is 0.321. The van der Waals surface area contributed by atoms with Crippen LogP contribution in [0.2, 0.25) is 5.02 Å². The van der Waals surface area contributed by atoms with Crippen LogP contribution in [0, 0.1) is 10.6 Å². The van der Waals surface area contributed by atoms with E-state index in [0.29, 0.717) is 16.3 Å². The molecule has 0 spiro atoms. The van der Waals surface area contributed by atoms with Gasteiger partial charge in [0.25, 0.3) is 0 Å². The fraction of sp³-hybridized carbons (Fsp3) is 0.133. The molecule has 2 aromatic heterocycles. The third kappa shape index (κ3) is 3.26. The first kappa shape index (κ1) is 16.8. The van der Waals surface area contributed by atoms with Crippen molar-refractivity contribution in [2.45, 2.75) is 13.0 Å². The molecule has 0 aliphatic heterocycles. The Bertz CT molecular complexity index is 935. The molecular weight excluding hydrogens is 371 g/mol. The molecule has 124 valence electrons. The van der Waals surface area contributed by atoms with E-state index < -0.39 is 11.9 Å². The second kappa shape index (κ2) is 6.84. The summed E-state index contributed by atoms with van der Waals surface area (Å²) >= 11 is 12.4. The van der Waals surface area contributed by atoms with Crippen LogP contribution in [-0.4, -0.2) is 20.7 Å². The number of thiophene rings is 1. The van der Waals surface area contributed by atoms with Gasteiger partial charge < -0.3 is 5.32 Å². The van der Waals surface area contributed by atoms with Gasteiger partial charge in [0, 0.05) is 5.69 Å². The number of rotatable bonds is 4. The first-order valence-corrected chi connectivity index (χ1v) is 8.60. The molecule has 9 heteroatoms. The van der Waals surface area contributed by atoms with Gasteiger partial charge in [-0.15, -0.1) is 11.3 Å². The van der Waals surface area contributed by atoms with E-state index in [1.165, 1.54) is 29.5 Å². The van der Waals surface area contributed by atoms with E-state index in [0.717, 1.165) is 4.88 Å². The molecule has 0 bridgehead atoms. The van der Waals surface area contributed by atoms with Gasteiger partial charge >= 0.3 is 0 Å². The molecule has 3 rings (SSSR count). The fourth-order valence-corrected chi connectivity index (χ4v) is 3.30. The summed E-state index contributed by atoms with van der Waals surface area (Å²) < 4.78 is 15.5. The van der Waals surface area contributed by atoms with Crippen LogP contribution in [0.3, 0.4) is 0 Å². The van der Waals surface area contributed by atoms with Crippen molar-refractivity contribution >= 4 is 46.8 Å². The number of benzene rings is 1.